The Morgan fingerprint density at radius 1 is 1.07 bits per heavy atom. The first-order chi connectivity index (χ1) is 14.4. The summed E-state index contributed by atoms with van der Waals surface area (Å²) in [6.45, 7) is 6.02. The van der Waals surface area contributed by atoms with Crippen molar-refractivity contribution in [3.05, 3.63) is 57.8 Å². The molecule has 0 bridgehead atoms. The van der Waals surface area contributed by atoms with E-state index in [2.05, 4.69) is 25.9 Å². The van der Waals surface area contributed by atoms with Crippen molar-refractivity contribution in [2.45, 2.75) is 38.9 Å². The maximum Gasteiger partial charge on any atom is 0.290 e. The van der Waals surface area contributed by atoms with Crippen molar-refractivity contribution in [2.75, 3.05) is 5.75 Å². The number of amides is 2. The lowest BCUT2D eigenvalue weighted by molar-refractivity contribution is -0.119. The van der Waals surface area contributed by atoms with Gasteiger partial charge >= 0.3 is 0 Å². The van der Waals surface area contributed by atoms with E-state index in [0.29, 0.717) is 28.9 Å². The van der Waals surface area contributed by atoms with Gasteiger partial charge in [-0.05, 0) is 32.4 Å². The molecule has 2 heterocycles. The highest BCUT2D eigenvalue weighted by atomic mass is 32.2. The number of aromatic nitrogens is 4. The van der Waals surface area contributed by atoms with Crippen LogP contribution in [0.15, 0.2) is 40.3 Å². The van der Waals surface area contributed by atoms with Crippen LogP contribution in [0.1, 0.15) is 35.2 Å². The van der Waals surface area contributed by atoms with Gasteiger partial charge in [0.2, 0.25) is 5.91 Å². The zero-order chi connectivity index (χ0) is 21.7. The van der Waals surface area contributed by atoms with Crippen LogP contribution in [-0.4, -0.2) is 37.3 Å². The second-order valence-corrected chi connectivity index (χ2v) is 7.59. The van der Waals surface area contributed by atoms with E-state index < -0.39 is 11.8 Å². The van der Waals surface area contributed by atoms with Crippen LogP contribution in [0.4, 0.5) is 0 Å². The third-order valence-electron chi connectivity index (χ3n) is 4.13. The van der Waals surface area contributed by atoms with E-state index in [1.54, 1.807) is 24.3 Å². The molecule has 9 nitrogen and oxygen atoms in total. The minimum atomic E-state index is -0.600. The monoisotopic (exact) mass is 426 g/mol. The van der Waals surface area contributed by atoms with Crippen molar-refractivity contribution in [3.8, 4) is 0 Å². The van der Waals surface area contributed by atoms with E-state index in [0.717, 1.165) is 11.4 Å². The van der Waals surface area contributed by atoms with Gasteiger partial charge in [-0.2, -0.15) is 5.10 Å². The highest BCUT2D eigenvalue weighted by Crippen LogP contribution is 2.14. The number of fused-ring (bicyclic) bond motifs is 1. The number of benzene rings is 1. The summed E-state index contributed by atoms with van der Waals surface area (Å²) in [5, 5.41) is 5.52. The lowest BCUT2D eigenvalue weighted by Crippen LogP contribution is -2.43. The molecule has 1 aromatic carbocycles. The molecule has 3 aromatic rings. The lowest BCUT2D eigenvalue weighted by atomic mass is 10.1. The molecule has 0 spiro atoms. The number of carbonyl (C=O) groups is 2. The van der Waals surface area contributed by atoms with Crippen LogP contribution in [0.2, 0.25) is 0 Å². The van der Waals surface area contributed by atoms with Gasteiger partial charge in [-0.15, -0.1) is 0 Å². The predicted molar refractivity (Wildman–Crippen MR) is 114 cm³/mol. The van der Waals surface area contributed by atoms with Crippen molar-refractivity contribution in [2.24, 2.45) is 0 Å². The largest absolute Gasteiger partial charge is 0.290 e. The Balaban J connectivity index is 1.70. The molecule has 0 atom stereocenters. The van der Waals surface area contributed by atoms with Gasteiger partial charge in [-0.3, -0.25) is 25.2 Å². The molecule has 2 N–H and O–H groups in total. The summed E-state index contributed by atoms with van der Waals surface area (Å²) < 4.78 is 1.27. The highest BCUT2D eigenvalue weighted by Gasteiger charge is 2.17. The fourth-order valence-corrected chi connectivity index (χ4v) is 3.63. The third-order valence-corrected chi connectivity index (χ3v) is 4.98. The molecule has 0 saturated heterocycles. The first-order valence-electron chi connectivity index (χ1n) is 9.43. The van der Waals surface area contributed by atoms with Gasteiger partial charge in [-0.25, -0.2) is 14.6 Å². The molecule has 2 aromatic heterocycles. The van der Waals surface area contributed by atoms with Crippen LogP contribution in [0.3, 0.4) is 0 Å². The molecule has 156 valence electrons. The first kappa shape index (κ1) is 21.4. The molecule has 0 unspecified atom stereocenters. The van der Waals surface area contributed by atoms with Crippen LogP contribution in [0.5, 0.6) is 0 Å². The van der Waals surface area contributed by atoms with Crippen molar-refractivity contribution >= 4 is 34.3 Å². The fourth-order valence-electron chi connectivity index (χ4n) is 2.88. The number of rotatable bonds is 6. The SMILES string of the molecule is CCCn1nc(C(=O)NNC(=O)CSc2nc(C)cc(C)n2)c2ccccc2c1=O. The number of carbonyl (C=O) groups excluding carboxylic acids is 2. The van der Waals surface area contributed by atoms with E-state index in [4.69, 9.17) is 0 Å². The second-order valence-electron chi connectivity index (χ2n) is 6.65. The predicted octanol–water partition coefficient (Wildman–Crippen LogP) is 1.77. The summed E-state index contributed by atoms with van der Waals surface area (Å²) in [6, 6.07) is 8.62. The van der Waals surface area contributed by atoms with Crippen LogP contribution in [-0.2, 0) is 11.3 Å². The smallest absolute Gasteiger partial charge is 0.272 e. The minimum Gasteiger partial charge on any atom is -0.272 e. The van der Waals surface area contributed by atoms with Crippen LogP contribution >= 0.6 is 11.8 Å². The zero-order valence-electron chi connectivity index (χ0n) is 16.9. The van der Waals surface area contributed by atoms with E-state index in [9.17, 15) is 14.4 Å². The summed E-state index contributed by atoms with van der Waals surface area (Å²) in [5.41, 5.74) is 6.20. The molecule has 10 heteroatoms. The van der Waals surface area contributed by atoms with Gasteiger partial charge < -0.3 is 0 Å². The topological polar surface area (TPSA) is 119 Å². The summed E-state index contributed by atoms with van der Waals surface area (Å²) in [4.78, 5) is 45.8. The quantitative estimate of drug-likeness (QED) is 0.350. The number of thioether (sulfide) groups is 1. The number of nitrogens with zero attached hydrogens (tertiary/aromatic N) is 4. The Morgan fingerprint density at radius 3 is 2.40 bits per heavy atom. The average molecular weight is 427 g/mol. The molecule has 0 fully saturated rings. The van der Waals surface area contributed by atoms with Gasteiger partial charge in [0.15, 0.2) is 10.9 Å². The Labute approximate surface area is 177 Å². The molecule has 0 aliphatic heterocycles. The average Bonchev–Trinajstić information content (AvgIpc) is 2.72. The van der Waals surface area contributed by atoms with Gasteiger partial charge in [-0.1, -0.05) is 36.9 Å². The zero-order valence-corrected chi connectivity index (χ0v) is 17.7. The molecule has 0 aliphatic rings. The maximum absolute atomic E-state index is 12.7. The fraction of sp³-hybridized carbons (Fsp3) is 0.300. The number of hydrogen-bond donors (Lipinski definition) is 2. The Bertz CT molecular complexity index is 1140. The maximum atomic E-state index is 12.7. The van der Waals surface area contributed by atoms with Crippen molar-refractivity contribution in [1.29, 1.82) is 0 Å². The minimum absolute atomic E-state index is 0.0344. The number of hydrazine groups is 1. The summed E-state index contributed by atoms with van der Waals surface area (Å²) in [6.07, 6.45) is 0.695. The summed E-state index contributed by atoms with van der Waals surface area (Å²) in [5.74, 6) is -0.980. The van der Waals surface area contributed by atoms with Crippen molar-refractivity contribution in [1.82, 2.24) is 30.6 Å². The number of hydrogen-bond acceptors (Lipinski definition) is 7. The standard InChI is InChI=1S/C20H22N6O3S/c1-4-9-26-19(29)15-8-6-5-7-14(15)17(25-26)18(28)24-23-16(27)11-30-20-21-12(2)10-13(3)22-20/h5-8,10H,4,9,11H2,1-3H3,(H,23,27)(H,24,28). The van der Waals surface area contributed by atoms with Crippen LogP contribution < -0.4 is 16.4 Å². The summed E-state index contributed by atoms with van der Waals surface area (Å²) >= 11 is 1.17. The first-order valence-corrected chi connectivity index (χ1v) is 10.4. The van der Waals surface area contributed by atoms with Gasteiger partial charge in [0.25, 0.3) is 11.5 Å². The molecule has 3 rings (SSSR count). The molecule has 2 amide bonds. The molecular weight excluding hydrogens is 404 g/mol. The Kier molecular flexibility index (Phi) is 6.78. The van der Waals surface area contributed by atoms with E-state index in [1.165, 1.54) is 16.4 Å². The van der Waals surface area contributed by atoms with E-state index >= 15 is 0 Å². The Hall–Kier alpha value is -3.27. The number of nitrogens with one attached hydrogen (secondary N) is 2. The summed E-state index contributed by atoms with van der Waals surface area (Å²) in [7, 11) is 0. The third kappa shape index (κ3) is 5.01. The van der Waals surface area contributed by atoms with Gasteiger partial charge in [0, 0.05) is 23.3 Å². The van der Waals surface area contributed by atoms with Crippen LogP contribution in [0.25, 0.3) is 10.8 Å². The Morgan fingerprint density at radius 2 is 1.73 bits per heavy atom. The van der Waals surface area contributed by atoms with E-state index in [1.807, 2.05) is 26.8 Å². The van der Waals surface area contributed by atoms with Crippen LogP contribution in [0, 0.1) is 13.8 Å². The molecule has 0 saturated carbocycles. The number of aryl methyl sites for hydroxylation is 3. The normalized spacial score (nSPS) is 10.8. The molecular formula is C20H22N6O3S. The second kappa shape index (κ2) is 9.49. The molecule has 0 radical (unpaired) electrons. The highest BCUT2D eigenvalue weighted by molar-refractivity contribution is 7.99. The van der Waals surface area contributed by atoms with Crippen molar-refractivity contribution in [3.63, 3.8) is 0 Å². The van der Waals surface area contributed by atoms with Crippen molar-refractivity contribution < 1.29 is 9.59 Å². The molecule has 0 aliphatic carbocycles. The molecule has 30 heavy (non-hydrogen) atoms. The lowest BCUT2D eigenvalue weighted by Gasteiger charge is -2.11. The van der Waals surface area contributed by atoms with E-state index in [-0.39, 0.29) is 17.0 Å². The van der Waals surface area contributed by atoms with Gasteiger partial charge in [0.05, 0.1) is 11.1 Å². The van der Waals surface area contributed by atoms with Gasteiger partial charge in [0.1, 0.15) is 0 Å².